The fourth-order valence-electron chi connectivity index (χ4n) is 1.50. The zero-order valence-corrected chi connectivity index (χ0v) is 10.4. The van der Waals surface area contributed by atoms with Crippen molar-refractivity contribution in [3.63, 3.8) is 0 Å². The summed E-state index contributed by atoms with van der Waals surface area (Å²) in [6, 6.07) is 3.93. The Morgan fingerprint density at radius 3 is 2.67 bits per heavy atom. The van der Waals surface area contributed by atoms with Gasteiger partial charge in [-0.2, -0.15) is 0 Å². The van der Waals surface area contributed by atoms with Crippen LogP contribution < -0.4 is 5.32 Å². The van der Waals surface area contributed by atoms with Gasteiger partial charge in [-0.1, -0.05) is 6.92 Å². The number of aliphatic carboxylic acids is 1. The molecule has 0 heterocycles. The van der Waals surface area contributed by atoms with Crippen LogP contribution in [0.4, 0.5) is 4.39 Å². The van der Waals surface area contributed by atoms with Gasteiger partial charge in [-0.05, 0) is 37.1 Å². The van der Waals surface area contributed by atoms with E-state index in [4.69, 9.17) is 5.11 Å². The zero-order chi connectivity index (χ0) is 13.7. The van der Waals surface area contributed by atoms with E-state index in [1.54, 1.807) is 13.8 Å². The van der Waals surface area contributed by atoms with Crippen molar-refractivity contribution >= 4 is 11.9 Å². The number of hydrogen-bond donors (Lipinski definition) is 2. The van der Waals surface area contributed by atoms with E-state index in [0.29, 0.717) is 17.5 Å². The number of nitrogens with one attached hydrogen (secondary N) is 1. The number of amides is 1. The Bertz CT molecular complexity index is 460. The summed E-state index contributed by atoms with van der Waals surface area (Å²) in [6.07, 6.45) is 0.362. The summed E-state index contributed by atoms with van der Waals surface area (Å²) >= 11 is 0. The van der Waals surface area contributed by atoms with E-state index < -0.39 is 11.9 Å². The lowest BCUT2D eigenvalue weighted by atomic mass is 10.1. The number of benzene rings is 1. The highest BCUT2D eigenvalue weighted by atomic mass is 19.1. The topological polar surface area (TPSA) is 66.4 Å². The van der Waals surface area contributed by atoms with Crippen molar-refractivity contribution in [3.8, 4) is 0 Å². The van der Waals surface area contributed by atoms with E-state index >= 15 is 0 Å². The summed E-state index contributed by atoms with van der Waals surface area (Å²) in [4.78, 5) is 22.3. The van der Waals surface area contributed by atoms with E-state index in [2.05, 4.69) is 5.32 Å². The number of aryl methyl sites for hydroxylation is 1. The summed E-state index contributed by atoms with van der Waals surface area (Å²) < 4.78 is 12.9. The van der Waals surface area contributed by atoms with Crippen molar-refractivity contribution in [1.29, 1.82) is 0 Å². The molecule has 0 aliphatic rings. The van der Waals surface area contributed by atoms with Gasteiger partial charge >= 0.3 is 5.97 Å². The summed E-state index contributed by atoms with van der Waals surface area (Å²) in [5.41, 5.74) is 0.957. The van der Waals surface area contributed by atoms with Gasteiger partial charge in [-0.15, -0.1) is 0 Å². The third kappa shape index (κ3) is 3.84. The fourth-order valence-corrected chi connectivity index (χ4v) is 1.50. The molecule has 0 fully saturated rings. The summed E-state index contributed by atoms with van der Waals surface area (Å²) in [5.74, 6) is -2.09. The quantitative estimate of drug-likeness (QED) is 0.843. The third-order valence-corrected chi connectivity index (χ3v) is 2.72. The summed E-state index contributed by atoms with van der Waals surface area (Å²) in [6.45, 7) is 3.51. The largest absolute Gasteiger partial charge is 0.481 e. The Labute approximate surface area is 105 Å². The van der Waals surface area contributed by atoms with E-state index in [1.165, 1.54) is 18.2 Å². The van der Waals surface area contributed by atoms with Crippen molar-refractivity contribution in [3.05, 3.63) is 35.1 Å². The average molecular weight is 253 g/mol. The van der Waals surface area contributed by atoms with Gasteiger partial charge in [0.2, 0.25) is 0 Å². The molecule has 0 saturated heterocycles. The van der Waals surface area contributed by atoms with Crippen LogP contribution in [0.5, 0.6) is 0 Å². The Balaban J connectivity index is 2.53. The number of carboxylic acid groups (broad SMARTS) is 1. The maximum absolute atomic E-state index is 12.9. The van der Waals surface area contributed by atoms with Crippen molar-refractivity contribution in [2.45, 2.75) is 20.3 Å². The van der Waals surface area contributed by atoms with E-state index in [0.717, 1.165) is 0 Å². The van der Waals surface area contributed by atoms with Crippen LogP contribution in [0, 0.1) is 18.7 Å². The fraction of sp³-hybridized carbons (Fsp3) is 0.385. The SMILES string of the molecule is Cc1cc(F)ccc1C(=O)NCCC(C)C(=O)O. The summed E-state index contributed by atoms with van der Waals surface area (Å²) in [7, 11) is 0. The molecular weight excluding hydrogens is 237 g/mol. The molecule has 1 unspecified atom stereocenters. The van der Waals surface area contributed by atoms with Crippen LogP contribution in [0.25, 0.3) is 0 Å². The van der Waals surface area contributed by atoms with Crippen LogP contribution in [0.3, 0.4) is 0 Å². The van der Waals surface area contributed by atoms with E-state index in [-0.39, 0.29) is 18.3 Å². The van der Waals surface area contributed by atoms with Crippen LogP contribution in [-0.4, -0.2) is 23.5 Å². The minimum atomic E-state index is -0.887. The Hall–Kier alpha value is -1.91. The molecular formula is C13H16FNO3. The molecule has 5 heteroatoms. The van der Waals surface area contributed by atoms with Crippen LogP contribution >= 0.6 is 0 Å². The maximum atomic E-state index is 12.9. The number of hydrogen-bond acceptors (Lipinski definition) is 2. The van der Waals surface area contributed by atoms with Crippen molar-refractivity contribution in [1.82, 2.24) is 5.32 Å². The minimum Gasteiger partial charge on any atom is -0.481 e. The number of rotatable bonds is 5. The highest BCUT2D eigenvalue weighted by Gasteiger charge is 2.12. The van der Waals surface area contributed by atoms with Gasteiger partial charge in [0.25, 0.3) is 5.91 Å². The Morgan fingerprint density at radius 1 is 1.44 bits per heavy atom. The van der Waals surface area contributed by atoms with E-state index in [9.17, 15) is 14.0 Å². The predicted octanol–water partition coefficient (Wildman–Crippen LogP) is 1.97. The average Bonchev–Trinajstić information content (AvgIpc) is 2.28. The molecule has 0 saturated carbocycles. The zero-order valence-electron chi connectivity index (χ0n) is 10.4. The molecule has 1 amide bonds. The second-order valence-corrected chi connectivity index (χ2v) is 4.24. The highest BCUT2D eigenvalue weighted by molar-refractivity contribution is 5.95. The molecule has 4 nitrogen and oxygen atoms in total. The molecule has 0 spiro atoms. The first-order valence-electron chi connectivity index (χ1n) is 5.69. The molecule has 18 heavy (non-hydrogen) atoms. The number of halogens is 1. The lowest BCUT2D eigenvalue weighted by Gasteiger charge is -2.09. The van der Waals surface area contributed by atoms with Crippen LogP contribution in [0.1, 0.15) is 29.3 Å². The number of carbonyl (C=O) groups excluding carboxylic acids is 1. The van der Waals surface area contributed by atoms with Gasteiger partial charge in [0.1, 0.15) is 5.82 Å². The predicted molar refractivity (Wildman–Crippen MR) is 64.9 cm³/mol. The van der Waals surface area contributed by atoms with Gasteiger partial charge in [0, 0.05) is 12.1 Å². The van der Waals surface area contributed by atoms with Gasteiger partial charge in [0.15, 0.2) is 0 Å². The van der Waals surface area contributed by atoms with Gasteiger partial charge in [-0.3, -0.25) is 9.59 Å². The third-order valence-electron chi connectivity index (χ3n) is 2.72. The van der Waals surface area contributed by atoms with Gasteiger partial charge < -0.3 is 10.4 Å². The normalized spacial score (nSPS) is 11.9. The highest BCUT2D eigenvalue weighted by Crippen LogP contribution is 2.10. The molecule has 0 aliphatic heterocycles. The molecule has 2 N–H and O–H groups in total. The molecule has 1 aromatic carbocycles. The molecule has 1 atom stereocenters. The Morgan fingerprint density at radius 2 is 2.11 bits per heavy atom. The molecule has 98 valence electrons. The molecule has 1 rings (SSSR count). The minimum absolute atomic E-state index is 0.281. The number of carboxylic acids is 1. The lowest BCUT2D eigenvalue weighted by molar-refractivity contribution is -0.141. The molecule has 0 aliphatic carbocycles. The number of carbonyl (C=O) groups is 2. The molecule has 0 radical (unpaired) electrons. The van der Waals surface area contributed by atoms with Crippen LogP contribution in [-0.2, 0) is 4.79 Å². The van der Waals surface area contributed by atoms with Crippen LogP contribution in [0.15, 0.2) is 18.2 Å². The molecule has 1 aromatic rings. The first kappa shape index (κ1) is 14.2. The summed E-state index contributed by atoms with van der Waals surface area (Å²) in [5, 5.41) is 11.3. The van der Waals surface area contributed by atoms with Gasteiger partial charge in [0.05, 0.1) is 5.92 Å². The molecule has 0 aromatic heterocycles. The standard InChI is InChI=1S/C13H16FNO3/c1-8(13(17)18)5-6-15-12(16)11-4-3-10(14)7-9(11)2/h3-4,7-8H,5-6H2,1-2H3,(H,15,16)(H,17,18). The Kier molecular flexibility index (Phi) is 4.83. The first-order chi connectivity index (χ1) is 8.41. The monoisotopic (exact) mass is 253 g/mol. The lowest BCUT2D eigenvalue weighted by Crippen LogP contribution is -2.27. The second kappa shape index (κ2) is 6.14. The van der Waals surface area contributed by atoms with Crippen molar-refractivity contribution < 1.29 is 19.1 Å². The second-order valence-electron chi connectivity index (χ2n) is 4.24. The smallest absolute Gasteiger partial charge is 0.306 e. The van der Waals surface area contributed by atoms with Crippen molar-refractivity contribution in [2.24, 2.45) is 5.92 Å². The van der Waals surface area contributed by atoms with Crippen molar-refractivity contribution in [2.75, 3.05) is 6.54 Å². The van der Waals surface area contributed by atoms with Crippen LogP contribution in [0.2, 0.25) is 0 Å². The van der Waals surface area contributed by atoms with Gasteiger partial charge in [-0.25, -0.2) is 4.39 Å². The van der Waals surface area contributed by atoms with E-state index in [1.807, 2.05) is 0 Å². The molecule has 0 bridgehead atoms. The maximum Gasteiger partial charge on any atom is 0.306 e. The first-order valence-corrected chi connectivity index (χ1v) is 5.69.